The van der Waals surface area contributed by atoms with Gasteiger partial charge in [0.15, 0.2) is 5.78 Å². The molecule has 0 saturated carbocycles. The van der Waals surface area contributed by atoms with E-state index in [9.17, 15) is 4.79 Å². The van der Waals surface area contributed by atoms with Gasteiger partial charge in [-0.25, -0.2) is 0 Å². The molecular formula is C17H32N2O2. The molecule has 0 saturated heterocycles. The first kappa shape index (κ1) is 19.8. The summed E-state index contributed by atoms with van der Waals surface area (Å²) in [6.45, 7) is 10.0. The number of ether oxygens (including phenoxy) is 1. The summed E-state index contributed by atoms with van der Waals surface area (Å²) >= 11 is 0. The van der Waals surface area contributed by atoms with Gasteiger partial charge in [0.1, 0.15) is 5.71 Å². The van der Waals surface area contributed by atoms with Crippen molar-refractivity contribution in [3.05, 3.63) is 11.3 Å². The summed E-state index contributed by atoms with van der Waals surface area (Å²) in [7, 11) is 0. The second-order valence-corrected chi connectivity index (χ2v) is 5.74. The molecule has 0 fully saturated rings. The van der Waals surface area contributed by atoms with E-state index in [1.54, 1.807) is 0 Å². The SMILES string of the molecule is CC(=O)C(=N)C1=C(N)CCC1.CCCC(C)OC(C)CC. The van der Waals surface area contributed by atoms with Gasteiger partial charge >= 0.3 is 0 Å². The number of hydrogen-bond donors (Lipinski definition) is 2. The van der Waals surface area contributed by atoms with Gasteiger partial charge in [0, 0.05) is 12.6 Å². The molecule has 2 atom stereocenters. The molecule has 0 spiro atoms. The first-order valence-electron chi connectivity index (χ1n) is 8.06. The minimum absolute atomic E-state index is 0.0972. The molecule has 0 aliphatic heterocycles. The molecule has 3 N–H and O–H groups in total. The molecule has 2 unspecified atom stereocenters. The van der Waals surface area contributed by atoms with E-state index in [0.29, 0.717) is 12.2 Å². The molecular weight excluding hydrogens is 264 g/mol. The molecule has 1 aliphatic rings. The second kappa shape index (κ2) is 10.6. The molecule has 21 heavy (non-hydrogen) atoms. The number of hydrogen-bond acceptors (Lipinski definition) is 4. The molecule has 1 aliphatic carbocycles. The van der Waals surface area contributed by atoms with Crippen LogP contribution in [0.3, 0.4) is 0 Å². The van der Waals surface area contributed by atoms with Gasteiger partial charge in [-0.1, -0.05) is 20.3 Å². The van der Waals surface area contributed by atoms with Crippen LogP contribution in [0.15, 0.2) is 11.3 Å². The summed E-state index contributed by atoms with van der Waals surface area (Å²) in [5, 5.41) is 7.38. The number of carbonyl (C=O) groups excluding carboxylic acids is 1. The number of rotatable bonds is 7. The van der Waals surface area contributed by atoms with Crippen molar-refractivity contribution >= 4 is 11.5 Å². The van der Waals surface area contributed by atoms with Crippen LogP contribution < -0.4 is 5.73 Å². The van der Waals surface area contributed by atoms with E-state index < -0.39 is 0 Å². The van der Waals surface area contributed by atoms with Crippen LogP contribution in [-0.4, -0.2) is 23.7 Å². The molecule has 0 aromatic carbocycles. The highest BCUT2D eigenvalue weighted by molar-refractivity contribution is 6.44. The van der Waals surface area contributed by atoms with Gasteiger partial charge in [-0.2, -0.15) is 0 Å². The van der Waals surface area contributed by atoms with Crippen molar-refractivity contribution in [2.75, 3.05) is 0 Å². The van der Waals surface area contributed by atoms with Gasteiger partial charge in [0.05, 0.1) is 12.2 Å². The standard InChI is InChI=1S/C9H20O.C8H12N2O/c1-5-7-9(4)10-8(3)6-2;1-5(11)8(10)6-3-2-4-7(6)9/h8-9H,5-7H2,1-4H3;10H,2-4,9H2,1H3. The van der Waals surface area contributed by atoms with E-state index in [1.807, 2.05) is 0 Å². The number of carbonyl (C=O) groups is 1. The Bertz CT molecular complexity index is 375. The Morgan fingerprint density at radius 1 is 1.29 bits per heavy atom. The second-order valence-electron chi connectivity index (χ2n) is 5.74. The maximum atomic E-state index is 10.8. The maximum Gasteiger partial charge on any atom is 0.177 e. The molecule has 0 bridgehead atoms. The number of ketones is 1. The van der Waals surface area contributed by atoms with Crippen molar-refractivity contribution in [1.29, 1.82) is 5.41 Å². The van der Waals surface area contributed by atoms with E-state index in [-0.39, 0.29) is 11.5 Å². The zero-order chi connectivity index (χ0) is 16.4. The Kier molecular flexibility index (Phi) is 9.97. The highest BCUT2D eigenvalue weighted by atomic mass is 16.5. The van der Waals surface area contributed by atoms with Gasteiger partial charge in [-0.05, 0) is 51.5 Å². The van der Waals surface area contributed by atoms with Crippen LogP contribution in [0, 0.1) is 5.41 Å². The van der Waals surface area contributed by atoms with E-state index in [0.717, 1.165) is 37.0 Å². The maximum absolute atomic E-state index is 10.8. The highest BCUT2D eigenvalue weighted by Crippen LogP contribution is 2.22. The Morgan fingerprint density at radius 2 is 1.90 bits per heavy atom. The summed E-state index contributed by atoms with van der Waals surface area (Å²) < 4.78 is 5.64. The minimum atomic E-state index is -0.190. The van der Waals surface area contributed by atoms with Crippen LogP contribution >= 0.6 is 0 Å². The van der Waals surface area contributed by atoms with Gasteiger partial charge in [0.25, 0.3) is 0 Å². The van der Waals surface area contributed by atoms with Crippen molar-refractivity contribution in [2.24, 2.45) is 5.73 Å². The van der Waals surface area contributed by atoms with Gasteiger partial charge in [-0.15, -0.1) is 0 Å². The fourth-order valence-corrected chi connectivity index (χ4v) is 2.23. The average Bonchev–Trinajstić information content (AvgIpc) is 2.84. The molecule has 1 rings (SSSR count). The lowest BCUT2D eigenvalue weighted by atomic mass is 10.1. The molecule has 122 valence electrons. The summed E-state index contributed by atoms with van der Waals surface area (Å²) in [6, 6.07) is 0. The molecule has 0 heterocycles. The van der Waals surface area contributed by atoms with Gasteiger partial charge in [0.2, 0.25) is 0 Å². The molecule has 0 aromatic rings. The molecule has 0 aromatic heterocycles. The van der Waals surface area contributed by atoms with Crippen molar-refractivity contribution in [3.8, 4) is 0 Å². The summed E-state index contributed by atoms with van der Waals surface area (Å²) in [6.07, 6.45) is 7.02. The van der Waals surface area contributed by atoms with E-state index in [1.165, 1.54) is 19.8 Å². The van der Waals surface area contributed by atoms with Gasteiger partial charge in [-0.3, -0.25) is 10.2 Å². The summed E-state index contributed by atoms with van der Waals surface area (Å²) in [4.78, 5) is 10.8. The first-order chi connectivity index (χ1) is 9.83. The summed E-state index contributed by atoms with van der Waals surface area (Å²) in [5.41, 5.74) is 7.19. The number of nitrogens with two attached hydrogens (primary N) is 1. The highest BCUT2D eigenvalue weighted by Gasteiger charge is 2.18. The summed E-state index contributed by atoms with van der Waals surface area (Å²) in [5.74, 6) is -0.190. The Labute approximate surface area is 129 Å². The first-order valence-corrected chi connectivity index (χ1v) is 8.06. The zero-order valence-corrected chi connectivity index (χ0v) is 14.3. The van der Waals surface area contributed by atoms with E-state index in [2.05, 4.69) is 27.7 Å². The normalized spacial score (nSPS) is 17.0. The third kappa shape index (κ3) is 8.00. The molecule has 4 nitrogen and oxygen atoms in total. The monoisotopic (exact) mass is 296 g/mol. The Hall–Kier alpha value is -1.16. The lowest BCUT2D eigenvalue weighted by Crippen LogP contribution is -2.15. The predicted octanol–water partition coefficient (Wildman–Crippen LogP) is 3.98. The van der Waals surface area contributed by atoms with Crippen LogP contribution in [0.25, 0.3) is 0 Å². The van der Waals surface area contributed by atoms with Crippen LogP contribution in [0.2, 0.25) is 0 Å². The quantitative estimate of drug-likeness (QED) is 0.698. The van der Waals surface area contributed by atoms with E-state index in [4.69, 9.17) is 15.9 Å². The topological polar surface area (TPSA) is 76.2 Å². The zero-order valence-electron chi connectivity index (χ0n) is 14.3. The van der Waals surface area contributed by atoms with Crippen LogP contribution in [0.4, 0.5) is 0 Å². The molecule has 4 heteroatoms. The van der Waals surface area contributed by atoms with E-state index >= 15 is 0 Å². The lowest BCUT2D eigenvalue weighted by Gasteiger charge is -2.16. The number of nitrogens with one attached hydrogen (secondary N) is 1. The average molecular weight is 296 g/mol. The fraction of sp³-hybridized carbons (Fsp3) is 0.765. The molecule has 0 radical (unpaired) electrons. The minimum Gasteiger partial charge on any atom is -0.402 e. The van der Waals surface area contributed by atoms with Crippen molar-refractivity contribution in [3.63, 3.8) is 0 Å². The van der Waals surface area contributed by atoms with Crippen molar-refractivity contribution < 1.29 is 9.53 Å². The third-order valence-corrected chi connectivity index (χ3v) is 3.65. The number of allylic oxidation sites excluding steroid dienone is 2. The molecule has 0 amide bonds. The predicted molar refractivity (Wildman–Crippen MR) is 88.7 cm³/mol. The lowest BCUT2D eigenvalue weighted by molar-refractivity contribution is -0.111. The van der Waals surface area contributed by atoms with Crippen LogP contribution in [0.5, 0.6) is 0 Å². The van der Waals surface area contributed by atoms with Crippen molar-refractivity contribution in [1.82, 2.24) is 0 Å². The van der Waals surface area contributed by atoms with Crippen LogP contribution in [0.1, 0.15) is 73.1 Å². The van der Waals surface area contributed by atoms with Crippen LogP contribution in [-0.2, 0) is 9.53 Å². The Balaban J connectivity index is 0.000000384. The number of Topliss-reactive ketones (excluding diaryl/α,β-unsaturated/α-hetero) is 1. The largest absolute Gasteiger partial charge is 0.402 e. The fourth-order valence-electron chi connectivity index (χ4n) is 2.23. The third-order valence-electron chi connectivity index (χ3n) is 3.65. The smallest absolute Gasteiger partial charge is 0.177 e. The Morgan fingerprint density at radius 3 is 2.29 bits per heavy atom. The van der Waals surface area contributed by atoms with Crippen molar-refractivity contribution in [2.45, 2.75) is 85.4 Å². The van der Waals surface area contributed by atoms with Gasteiger partial charge < -0.3 is 10.5 Å².